The van der Waals surface area contributed by atoms with Gasteiger partial charge in [0.2, 0.25) is 5.95 Å². The van der Waals surface area contributed by atoms with Crippen molar-refractivity contribution in [3.8, 4) is 0 Å². The van der Waals surface area contributed by atoms with Crippen molar-refractivity contribution < 1.29 is 9.90 Å². The van der Waals surface area contributed by atoms with Crippen LogP contribution in [-0.4, -0.2) is 51.6 Å². The van der Waals surface area contributed by atoms with Crippen LogP contribution in [-0.2, 0) is 0 Å². The van der Waals surface area contributed by atoms with Crippen LogP contribution in [0.5, 0.6) is 0 Å². The molecule has 1 fully saturated rings. The molecule has 1 aromatic rings. The molecule has 0 aliphatic carbocycles. The number of rotatable bonds is 5. The lowest BCUT2D eigenvalue weighted by atomic mass is 10.1. The van der Waals surface area contributed by atoms with E-state index in [0.29, 0.717) is 17.9 Å². The predicted molar refractivity (Wildman–Crippen MR) is 72.3 cm³/mol. The molecule has 0 radical (unpaired) electrons. The molecule has 1 saturated heterocycles. The highest BCUT2D eigenvalue weighted by atomic mass is 16.4. The van der Waals surface area contributed by atoms with Gasteiger partial charge >= 0.3 is 5.97 Å². The Hall–Kier alpha value is -1.69. The number of carboxylic acid groups (broad SMARTS) is 1. The van der Waals surface area contributed by atoms with Crippen LogP contribution in [0.4, 0.5) is 5.95 Å². The average Bonchev–Trinajstić information content (AvgIpc) is 2.85. The second kappa shape index (κ2) is 5.97. The summed E-state index contributed by atoms with van der Waals surface area (Å²) in [5.41, 5.74) is 0.0210. The molecule has 0 amide bonds. The van der Waals surface area contributed by atoms with Crippen molar-refractivity contribution in [3.05, 3.63) is 18.0 Å². The van der Waals surface area contributed by atoms with Crippen molar-refractivity contribution in [3.63, 3.8) is 0 Å². The molecule has 19 heavy (non-hydrogen) atoms. The summed E-state index contributed by atoms with van der Waals surface area (Å²) in [4.78, 5) is 21.2. The Morgan fingerprint density at radius 2 is 2.42 bits per heavy atom. The number of nitrogens with zero attached hydrogens (tertiary/aromatic N) is 3. The molecule has 2 N–H and O–H groups in total. The summed E-state index contributed by atoms with van der Waals surface area (Å²) in [6.07, 6.45) is 2.62. The minimum atomic E-state index is -1.03. The zero-order valence-corrected chi connectivity index (χ0v) is 11.3. The lowest BCUT2D eigenvalue weighted by Gasteiger charge is -2.20. The zero-order valence-electron chi connectivity index (χ0n) is 11.3. The Bertz CT molecular complexity index is 450. The number of nitrogens with one attached hydrogen (secondary N) is 1. The van der Waals surface area contributed by atoms with Crippen LogP contribution < -0.4 is 5.32 Å². The first-order valence-corrected chi connectivity index (χ1v) is 6.60. The van der Waals surface area contributed by atoms with Crippen molar-refractivity contribution in [1.29, 1.82) is 0 Å². The van der Waals surface area contributed by atoms with Crippen LogP contribution in [0.2, 0.25) is 0 Å². The normalized spacial score (nSPS) is 19.8. The monoisotopic (exact) mass is 264 g/mol. The third kappa shape index (κ3) is 3.64. The Labute approximate surface area is 112 Å². The van der Waals surface area contributed by atoms with Crippen molar-refractivity contribution in [2.45, 2.75) is 26.3 Å². The fourth-order valence-electron chi connectivity index (χ4n) is 2.30. The molecule has 1 aliphatic rings. The fraction of sp³-hybridized carbons (Fsp3) is 0.615. The topological polar surface area (TPSA) is 78.4 Å². The van der Waals surface area contributed by atoms with Gasteiger partial charge in [-0.1, -0.05) is 0 Å². The van der Waals surface area contributed by atoms with E-state index in [-0.39, 0.29) is 5.69 Å². The van der Waals surface area contributed by atoms with E-state index in [1.165, 1.54) is 12.3 Å². The number of aromatic nitrogens is 2. The molecule has 0 bridgehead atoms. The highest BCUT2D eigenvalue weighted by molar-refractivity contribution is 5.85. The molecule has 104 valence electrons. The number of carboxylic acids is 1. The molecule has 1 unspecified atom stereocenters. The predicted octanol–water partition coefficient (Wildman–Crippen LogP) is 1.32. The average molecular weight is 264 g/mol. The minimum Gasteiger partial charge on any atom is -0.477 e. The number of anilines is 1. The number of likely N-dealkylation sites (tertiary alicyclic amines) is 1. The lowest BCUT2D eigenvalue weighted by Crippen LogP contribution is -2.29. The molecule has 1 atom stereocenters. The van der Waals surface area contributed by atoms with E-state index in [1.54, 1.807) is 0 Å². The number of hydrogen-bond acceptors (Lipinski definition) is 5. The van der Waals surface area contributed by atoms with Crippen LogP contribution in [0.3, 0.4) is 0 Å². The largest absolute Gasteiger partial charge is 0.477 e. The summed E-state index contributed by atoms with van der Waals surface area (Å²) in [6, 6.07) is 1.97. The van der Waals surface area contributed by atoms with Gasteiger partial charge in [0.1, 0.15) is 0 Å². The van der Waals surface area contributed by atoms with Crippen LogP contribution in [0.15, 0.2) is 12.3 Å². The summed E-state index contributed by atoms with van der Waals surface area (Å²) in [5.74, 6) is -0.0697. The molecule has 6 heteroatoms. The van der Waals surface area contributed by atoms with Gasteiger partial charge in [-0.05, 0) is 38.8 Å². The zero-order chi connectivity index (χ0) is 13.8. The van der Waals surface area contributed by atoms with Gasteiger partial charge < -0.3 is 15.3 Å². The summed E-state index contributed by atoms with van der Waals surface area (Å²) in [5, 5.41) is 12.0. The fourth-order valence-corrected chi connectivity index (χ4v) is 2.30. The highest BCUT2D eigenvalue weighted by Crippen LogP contribution is 2.18. The number of carbonyl (C=O) groups is 1. The molecular weight excluding hydrogens is 244 g/mol. The van der Waals surface area contributed by atoms with E-state index in [2.05, 4.69) is 34.0 Å². The first-order chi connectivity index (χ1) is 9.06. The van der Waals surface area contributed by atoms with E-state index in [9.17, 15) is 4.79 Å². The van der Waals surface area contributed by atoms with E-state index < -0.39 is 5.97 Å². The number of aromatic carboxylic acids is 1. The van der Waals surface area contributed by atoms with Crippen molar-refractivity contribution in [1.82, 2.24) is 14.9 Å². The van der Waals surface area contributed by atoms with E-state index in [0.717, 1.165) is 26.1 Å². The molecule has 0 spiro atoms. The van der Waals surface area contributed by atoms with Gasteiger partial charge in [0.25, 0.3) is 0 Å². The molecule has 1 aromatic heterocycles. The molecule has 6 nitrogen and oxygen atoms in total. The maximum absolute atomic E-state index is 10.8. The first kappa shape index (κ1) is 13.7. The minimum absolute atomic E-state index is 0.0210. The van der Waals surface area contributed by atoms with E-state index >= 15 is 0 Å². The molecule has 2 rings (SSSR count). The summed E-state index contributed by atoms with van der Waals surface area (Å²) in [7, 11) is 0. The third-order valence-corrected chi connectivity index (χ3v) is 3.47. The van der Waals surface area contributed by atoms with Gasteiger partial charge in [0, 0.05) is 25.3 Å². The molecule has 1 aliphatic heterocycles. The Kier molecular flexibility index (Phi) is 4.31. The first-order valence-electron chi connectivity index (χ1n) is 6.60. The van der Waals surface area contributed by atoms with Crippen LogP contribution >= 0.6 is 0 Å². The molecule has 0 aromatic carbocycles. The summed E-state index contributed by atoms with van der Waals surface area (Å²) in [6.45, 7) is 7.39. The van der Waals surface area contributed by atoms with Crippen molar-refractivity contribution >= 4 is 11.9 Å². The second-order valence-corrected chi connectivity index (χ2v) is 5.19. The Morgan fingerprint density at radius 1 is 1.63 bits per heavy atom. The quantitative estimate of drug-likeness (QED) is 0.835. The van der Waals surface area contributed by atoms with E-state index in [4.69, 9.17) is 5.11 Å². The maximum Gasteiger partial charge on any atom is 0.354 e. The third-order valence-electron chi connectivity index (χ3n) is 3.47. The lowest BCUT2D eigenvalue weighted by molar-refractivity contribution is 0.0690. The summed E-state index contributed by atoms with van der Waals surface area (Å²) < 4.78 is 0. The van der Waals surface area contributed by atoms with E-state index in [1.807, 2.05) is 0 Å². The SMILES string of the molecule is CC(C)N1CCC(CNc2nccc(C(=O)O)n2)C1. The molecule has 2 heterocycles. The van der Waals surface area contributed by atoms with Crippen LogP contribution in [0.25, 0.3) is 0 Å². The van der Waals surface area contributed by atoms with Crippen LogP contribution in [0, 0.1) is 5.92 Å². The Balaban J connectivity index is 1.86. The maximum atomic E-state index is 10.8. The number of hydrogen-bond donors (Lipinski definition) is 2. The molecular formula is C13H20N4O2. The Morgan fingerprint density at radius 3 is 3.05 bits per heavy atom. The highest BCUT2D eigenvalue weighted by Gasteiger charge is 2.24. The smallest absolute Gasteiger partial charge is 0.354 e. The van der Waals surface area contributed by atoms with Gasteiger partial charge in [-0.2, -0.15) is 0 Å². The van der Waals surface area contributed by atoms with Gasteiger partial charge in [-0.3, -0.25) is 0 Å². The van der Waals surface area contributed by atoms with Gasteiger partial charge in [0.05, 0.1) is 0 Å². The van der Waals surface area contributed by atoms with Crippen molar-refractivity contribution in [2.24, 2.45) is 5.92 Å². The van der Waals surface area contributed by atoms with Crippen molar-refractivity contribution in [2.75, 3.05) is 25.0 Å². The van der Waals surface area contributed by atoms with Gasteiger partial charge in [-0.25, -0.2) is 14.8 Å². The summed E-state index contributed by atoms with van der Waals surface area (Å²) >= 11 is 0. The standard InChI is InChI=1S/C13H20N4O2/c1-9(2)17-6-4-10(8-17)7-15-13-14-5-3-11(16-13)12(18)19/h3,5,9-10H,4,6-8H2,1-2H3,(H,18,19)(H,14,15,16). The second-order valence-electron chi connectivity index (χ2n) is 5.19. The molecule has 0 saturated carbocycles. The van der Waals surface area contributed by atoms with Crippen LogP contribution in [0.1, 0.15) is 30.8 Å². The van der Waals surface area contributed by atoms with Gasteiger partial charge in [0.15, 0.2) is 5.69 Å². The van der Waals surface area contributed by atoms with Gasteiger partial charge in [-0.15, -0.1) is 0 Å².